The van der Waals surface area contributed by atoms with Gasteiger partial charge in [-0.05, 0) is 36.8 Å². The van der Waals surface area contributed by atoms with E-state index in [1.54, 1.807) is 31.4 Å². The Hall–Kier alpha value is -2.82. The molecule has 0 saturated heterocycles. The predicted octanol–water partition coefficient (Wildman–Crippen LogP) is 2.52. The Morgan fingerprint density at radius 1 is 1.08 bits per heavy atom. The third-order valence-corrected chi connectivity index (χ3v) is 3.53. The van der Waals surface area contributed by atoms with E-state index in [1.165, 1.54) is 0 Å². The van der Waals surface area contributed by atoms with Gasteiger partial charge in [-0.3, -0.25) is 9.59 Å². The molecule has 0 aliphatic heterocycles. The third kappa shape index (κ3) is 5.43. The second kappa shape index (κ2) is 8.72. The van der Waals surface area contributed by atoms with Gasteiger partial charge in [0.05, 0.1) is 7.11 Å². The Morgan fingerprint density at radius 3 is 2.54 bits per heavy atom. The Balaban J connectivity index is 1.78. The second-order valence-electron chi connectivity index (χ2n) is 5.57. The van der Waals surface area contributed by atoms with Crippen LogP contribution in [0.5, 0.6) is 5.75 Å². The number of carbonyl (C=O) groups is 2. The number of hydrogen-bond acceptors (Lipinski definition) is 3. The number of ether oxygens (including phenoxy) is 1. The topological polar surface area (TPSA) is 67.4 Å². The summed E-state index contributed by atoms with van der Waals surface area (Å²) in [6.07, 6.45) is 0.225. The molecule has 0 bridgehead atoms. The average Bonchev–Trinajstić information content (AvgIpc) is 2.60. The largest absolute Gasteiger partial charge is 0.497 e. The SMILES string of the molecule is COc1cccc(CNC(=O)CC(C)NC(=O)c2ccccc2)c1. The first-order valence-corrected chi connectivity index (χ1v) is 7.84. The number of amides is 2. The van der Waals surface area contributed by atoms with Gasteiger partial charge in [0, 0.05) is 24.6 Å². The van der Waals surface area contributed by atoms with E-state index in [4.69, 9.17) is 4.74 Å². The monoisotopic (exact) mass is 326 g/mol. The van der Waals surface area contributed by atoms with E-state index in [0.29, 0.717) is 12.1 Å². The molecule has 0 radical (unpaired) electrons. The zero-order valence-electron chi connectivity index (χ0n) is 13.9. The summed E-state index contributed by atoms with van der Waals surface area (Å²) in [4.78, 5) is 24.0. The van der Waals surface area contributed by atoms with Gasteiger partial charge in [-0.2, -0.15) is 0 Å². The van der Waals surface area contributed by atoms with Gasteiger partial charge in [0.15, 0.2) is 0 Å². The summed E-state index contributed by atoms with van der Waals surface area (Å²) in [6, 6.07) is 16.2. The van der Waals surface area contributed by atoms with Gasteiger partial charge < -0.3 is 15.4 Å². The van der Waals surface area contributed by atoms with Crippen LogP contribution in [0.2, 0.25) is 0 Å². The molecule has 5 nitrogen and oxygen atoms in total. The first-order valence-electron chi connectivity index (χ1n) is 7.84. The number of methoxy groups -OCH3 is 1. The van der Waals surface area contributed by atoms with Gasteiger partial charge in [-0.25, -0.2) is 0 Å². The Labute approximate surface area is 142 Å². The summed E-state index contributed by atoms with van der Waals surface area (Å²) >= 11 is 0. The summed E-state index contributed by atoms with van der Waals surface area (Å²) in [7, 11) is 1.61. The Kier molecular flexibility index (Phi) is 6.37. The molecule has 0 heterocycles. The van der Waals surface area contributed by atoms with Crippen LogP contribution in [0, 0.1) is 0 Å². The van der Waals surface area contributed by atoms with E-state index in [2.05, 4.69) is 10.6 Å². The van der Waals surface area contributed by atoms with Crippen LogP contribution in [0.4, 0.5) is 0 Å². The number of carbonyl (C=O) groups excluding carboxylic acids is 2. The highest BCUT2D eigenvalue weighted by Crippen LogP contribution is 2.12. The lowest BCUT2D eigenvalue weighted by Gasteiger charge is -2.14. The van der Waals surface area contributed by atoms with Crippen LogP contribution in [0.15, 0.2) is 54.6 Å². The maximum Gasteiger partial charge on any atom is 0.251 e. The van der Waals surface area contributed by atoms with Crippen molar-refractivity contribution in [2.75, 3.05) is 7.11 Å². The zero-order chi connectivity index (χ0) is 17.4. The minimum atomic E-state index is -0.247. The second-order valence-corrected chi connectivity index (χ2v) is 5.57. The number of rotatable bonds is 7. The van der Waals surface area contributed by atoms with Crippen molar-refractivity contribution in [2.24, 2.45) is 0 Å². The fourth-order valence-electron chi connectivity index (χ4n) is 2.28. The van der Waals surface area contributed by atoms with Crippen LogP contribution < -0.4 is 15.4 Å². The molecule has 126 valence electrons. The molecular formula is C19H22N2O3. The van der Waals surface area contributed by atoms with Crippen LogP contribution >= 0.6 is 0 Å². The van der Waals surface area contributed by atoms with Crippen molar-refractivity contribution in [2.45, 2.75) is 25.9 Å². The van der Waals surface area contributed by atoms with Crippen molar-refractivity contribution in [3.8, 4) is 5.75 Å². The normalized spacial score (nSPS) is 11.4. The molecule has 0 fully saturated rings. The molecule has 2 N–H and O–H groups in total. The minimum absolute atomic E-state index is 0.112. The number of benzene rings is 2. The lowest BCUT2D eigenvalue weighted by atomic mass is 10.1. The molecule has 0 aliphatic carbocycles. The molecule has 2 aromatic rings. The quantitative estimate of drug-likeness (QED) is 0.821. The van der Waals surface area contributed by atoms with Crippen LogP contribution in [0.1, 0.15) is 29.3 Å². The molecule has 0 spiro atoms. The fourth-order valence-corrected chi connectivity index (χ4v) is 2.28. The maximum absolute atomic E-state index is 12.0. The number of hydrogen-bond donors (Lipinski definition) is 2. The smallest absolute Gasteiger partial charge is 0.251 e. The molecule has 0 saturated carbocycles. The molecule has 2 aromatic carbocycles. The van der Waals surface area contributed by atoms with Crippen molar-refractivity contribution in [3.05, 3.63) is 65.7 Å². The maximum atomic E-state index is 12.0. The Bertz CT molecular complexity index is 686. The molecule has 5 heteroatoms. The summed E-state index contributed by atoms with van der Waals surface area (Å²) in [5.74, 6) is 0.465. The van der Waals surface area contributed by atoms with Gasteiger partial charge >= 0.3 is 0 Å². The van der Waals surface area contributed by atoms with E-state index < -0.39 is 0 Å². The molecule has 0 aromatic heterocycles. The first kappa shape index (κ1) is 17.5. The molecule has 2 amide bonds. The molecule has 24 heavy (non-hydrogen) atoms. The van der Waals surface area contributed by atoms with Crippen molar-refractivity contribution in [1.82, 2.24) is 10.6 Å². The summed E-state index contributed by atoms with van der Waals surface area (Å²) in [5.41, 5.74) is 1.55. The molecule has 1 atom stereocenters. The molecule has 0 aliphatic rings. The van der Waals surface area contributed by atoms with Gasteiger partial charge in [-0.15, -0.1) is 0 Å². The number of nitrogens with one attached hydrogen (secondary N) is 2. The van der Waals surface area contributed by atoms with Gasteiger partial charge in [0.1, 0.15) is 5.75 Å². The lowest BCUT2D eigenvalue weighted by molar-refractivity contribution is -0.121. The van der Waals surface area contributed by atoms with E-state index in [1.807, 2.05) is 37.3 Å². The first-order chi connectivity index (χ1) is 11.6. The summed E-state index contributed by atoms with van der Waals surface area (Å²) in [5, 5.41) is 5.67. The lowest BCUT2D eigenvalue weighted by Crippen LogP contribution is -2.37. The van der Waals surface area contributed by atoms with E-state index >= 15 is 0 Å². The van der Waals surface area contributed by atoms with E-state index in [-0.39, 0.29) is 24.3 Å². The highest BCUT2D eigenvalue weighted by atomic mass is 16.5. The molecule has 2 rings (SSSR count). The van der Waals surface area contributed by atoms with Crippen LogP contribution in [-0.2, 0) is 11.3 Å². The minimum Gasteiger partial charge on any atom is -0.497 e. The Morgan fingerprint density at radius 2 is 1.83 bits per heavy atom. The van der Waals surface area contributed by atoms with Crippen LogP contribution in [0.3, 0.4) is 0 Å². The average molecular weight is 326 g/mol. The highest BCUT2D eigenvalue weighted by molar-refractivity contribution is 5.94. The van der Waals surface area contributed by atoms with E-state index in [0.717, 1.165) is 11.3 Å². The third-order valence-electron chi connectivity index (χ3n) is 3.53. The van der Waals surface area contributed by atoms with Crippen molar-refractivity contribution >= 4 is 11.8 Å². The molecule has 1 unspecified atom stereocenters. The fraction of sp³-hybridized carbons (Fsp3) is 0.263. The van der Waals surface area contributed by atoms with Crippen molar-refractivity contribution in [3.63, 3.8) is 0 Å². The highest BCUT2D eigenvalue weighted by Gasteiger charge is 2.13. The van der Waals surface area contributed by atoms with Crippen LogP contribution in [-0.4, -0.2) is 25.0 Å². The van der Waals surface area contributed by atoms with Crippen molar-refractivity contribution in [1.29, 1.82) is 0 Å². The van der Waals surface area contributed by atoms with Crippen molar-refractivity contribution < 1.29 is 14.3 Å². The van der Waals surface area contributed by atoms with Gasteiger partial charge in [0.25, 0.3) is 5.91 Å². The molecular weight excluding hydrogens is 304 g/mol. The predicted molar refractivity (Wildman–Crippen MR) is 92.8 cm³/mol. The summed E-state index contributed by atoms with van der Waals surface area (Å²) in [6.45, 7) is 2.24. The standard InChI is InChI=1S/C19H22N2O3/c1-14(21-19(23)16-8-4-3-5-9-16)11-18(22)20-13-15-7-6-10-17(12-15)24-2/h3-10,12,14H,11,13H2,1-2H3,(H,20,22)(H,21,23). The van der Waals surface area contributed by atoms with E-state index in [9.17, 15) is 9.59 Å². The summed E-state index contributed by atoms with van der Waals surface area (Å²) < 4.78 is 5.15. The zero-order valence-corrected chi connectivity index (χ0v) is 13.9. The van der Waals surface area contributed by atoms with Crippen LogP contribution in [0.25, 0.3) is 0 Å². The van der Waals surface area contributed by atoms with Gasteiger partial charge in [-0.1, -0.05) is 30.3 Å². The van der Waals surface area contributed by atoms with Gasteiger partial charge in [0.2, 0.25) is 5.91 Å².